The molecule has 0 radical (unpaired) electrons. The summed E-state index contributed by atoms with van der Waals surface area (Å²) in [5.74, 6) is 0. The molecule has 5 nitrogen and oxygen atoms in total. The van der Waals surface area contributed by atoms with Gasteiger partial charge in [0.05, 0.1) is 12.7 Å². The summed E-state index contributed by atoms with van der Waals surface area (Å²) in [6.07, 6.45) is 4.87. The van der Waals surface area contributed by atoms with Crippen molar-refractivity contribution in [3.05, 3.63) is 11.9 Å². The molecule has 2 rings (SSSR count). The zero-order valence-electron chi connectivity index (χ0n) is 8.26. The zero-order chi connectivity index (χ0) is 9.97. The Morgan fingerprint density at radius 2 is 2.57 bits per heavy atom. The predicted molar refractivity (Wildman–Crippen MR) is 51.1 cm³/mol. The van der Waals surface area contributed by atoms with Crippen LogP contribution in [0.1, 0.15) is 23.3 Å². The van der Waals surface area contributed by atoms with Crippen molar-refractivity contribution in [2.24, 2.45) is 0 Å². The first-order chi connectivity index (χ1) is 6.79. The van der Waals surface area contributed by atoms with E-state index in [4.69, 9.17) is 0 Å². The number of nitrogens with zero attached hydrogens (tertiary/aromatic N) is 4. The van der Waals surface area contributed by atoms with E-state index in [-0.39, 0.29) is 0 Å². The summed E-state index contributed by atoms with van der Waals surface area (Å²) >= 11 is 0. The molecule has 2 heterocycles. The Hall–Kier alpha value is -1.23. The zero-order valence-corrected chi connectivity index (χ0v) is 8.26. The summed E-state index contributed by atoms with van der Waals surface area (Å²) in [5.41, 5.74) is 0.408. The number of likely N-dealkylation sites (N-methyl/N-ethyl adjacent to an activating group) is 1. The van der Waals surface area contributed by atoms with E-state index in [1.54, 1.807) is 10.9 Å². The van der Waals surface area contributed by atoms with Crippen molar-refractivity contribution < 1.29 is 4.79 Å². The van der Waals surface area contributed by atoms with Gasteiger partial charge in [0, 0.05) is 6.04 Å². The van der Waals surface area contributed by atoms with Gasteiger partial charge in [-0.15, -0.1) is 5.10 Å². The molecule has 0 saturated carbocycles. The van der Waals surface area contributed by atoms with E-state index in [1.165, 1.54) is 12.8 Å². The number of carbonyl (C=O) groups excluding carboxylic acids is 1. The third-order valence-electron chi connectivity index (χ3n) is 2.75. The standard InChI is InChI=1S/C9H14N4O/c1-12-4-2-3-9(12)6-13-5-8(7-14)10-11-13/h5,7,9H,2-4,6H2,1H3. The average Bonchev–Trinajstić information content (AvgIpc) is 2.77. The van der Waals surface area contributed by atoms with Crippen LogP contribution in [0.5, 0.6) is 0 Å². The second-order valence-electron chi connectivity index (χ2n) is 3.76. The van der Waals surface area contributed by atoms with Gasteiger partial charge in [0.15, 0.2) is 6.29 Å². The largest absolute Gasteiger partial charge is 0.302 e. The molecule has 1 saturated heterocycles. The van der Waals surface area contributed by atoms with Crippen molar-refractivity contribution in [3.63, 3.8) is 0 Å². The first-order valence-electron chi connectivity index (χ1n) is 4.85. The highest BCUT2D eigenvalue weighted by Gasteiger charge is 2.21. The highest BCUT2D eigenvalue weighted by atomic mass is 16.1. The van der Waals surface area contributed by atoms with Crippen LogP contribution >= 0.6 is 0 Å². The number of aldehydes is 1. The second kappa shape index (κ2) is 3.88. The maximum absolute atomic E-state index is 10.4. The van der Waals surface area contributed by atoms with Gasteiger partial charge in [0.1, 0.15) is 5.69 Å². The number of likely N-dealkylation sites (tertiary alicyclic amines) is 1. The number of rotatable bonds is 3. The van der Waals surface area contributed by atoms with Crippen LogP contribution in [0.3, 0.4) is 0 Å². The van der Waals surface area contributed by atoms with E-state index >= 15 is 0 Å². The highest BCUT2D eigenvalue weighted by molar-refractivity contribution is 5.70. The normalized spacial score (nSPS) is 22.8. The Balaban J connectivity index is 1.99. The Kier molecular flexibility index (Phi) is 2.58. The predicted octanol–water partition coefficient (Wildman–Crippen LogP) is 0.185. The topological polar surface area (TPSA) is 51.0 Å². The number of carbonyl (C=O) groups is 1. The molecule has 5 heteroatoms. The lowest BCUT2D eigenvalue weighted by atomic mass is 10.2. The Bertz CT molecular complexity index is 322. The van der Waals surface area contributed by atoms with Gasteiger partial charge in [0.2, 0.25) is 0 Å². The molecular weight excluding hydrogens is 180 g/mol. The molecule has 1 atom stereocenters. The summed E-state index contributed by atoms with van der Waals surface area (Å²) in [4.78, 5) is 12.7. The first-order valence-corrected chi connectivity index (χ1v) is 4.85. The van der Waals surface area contributed by atoms with Gasteiger partial charge in [-0.3, -0.25) is 9.48 Å². The summed E-state index contributed by atoms with van der Waals surface area (Å²) < 4.78 is 1.75. The van der Waals surface area contributed by atoms with Crippen LogP contribution in [0.15, 0.2) is 6.20 Å². The van der Waals surface area contributed by atoms with Crippen LogP contribution in [0, 0.1) is 0 Å². The lowest BCUT2D eigenvalue weighted by Gasteiger charge is -2.18. The molecule has 1 aliphatic heterocycles. The van der Waals surface area contributed by atoms with Crippen LogP contribution in [0.4, 0.5) is 0 Å². The van der Waals surface area contributed by atoms with Crippen LogP contribution in [-0.2, 0) is 6.54 Å². The van der Waals surface area contributed by atoms with Crippen molar-refractivity contribution in [1.82, 2.24) is 19.9 Å². The molecule has 1 aromatic heterocycles. The number of hydrogen-bond donors (Lipinski definition) is 0. The third kappa shape index (κ3) is 1.82. The minimum absolute atomic E-state index is 0.408. The molecule has 1 aromatic rings. The molecule has 14 heavy (non-hydrogen) atoms. The molecule has 0 spiro atoms. The van der Waals surface area contributed by atoms with Gasteiger partial charge in [-0.05, 0) is 26.4 Å². The van der Waals surface area contributed by atoms with E-state index in [0.717, 1.165) is 19.4 Å². The van der Waals surface area contributed by atoms with Crippen LogP contribution in [0.2, 0.25) is 0 Å². The van der Waals surface area contributed by atoms with E-state index in [0.29, 0.717) is 11.7 Å². The van der Waals surface area contributed by atoms with Crippen molar-refractivity contribution in [2.75, 3.05) is 13.6 Å². The van der Waals surface area contributed by atoms with E-state index in [2.05, 4.69) is 22.3 Å². The maximum atomic E-state index is 10.4. The Morgan fingerprint density at radius 3 is 3.14 bits per heavy atom. The molecular formula is C9H14N4O. The van der Waals surface area contributed by atoms with E-state index in [9.17, 15) is 4.79 Å². The first kappa shape index (κ1) is 9.33. The van der Waals surface area contributed by atoms with Gasteiger partial charge in [0.25, 0.3) is 0 Å². The fourth-order valence-corrected chi connectivity index (χ4v) is 1.88. The smallest absolute Gasteiger partial charge is 0.171 e. The van der Waals surface area contributed by atoms with Crippen LogP contribution in [-0.4, -0.2) is 45.8 Å². The summed E-state index contributed by atoms with van der Waals surface area (Å²) in [6, 6.07) is 0.538. The van der Waals surface area contributed by atoms with Gasteiger partial charge in [-0.1, -0.05) is 5.21 Å². The fraction of sp³-hybridized carbons (Fsp3) is 0.667. The highest BCUT2D eigenvalue weighted by Crippen LogP contribution is 2.15. The summed E-state index contributed by atoms with van der Waals surface area (Å²) in [7, 11) is 2.12. The molecule has 0 aliphatic carbocycles. The van der Waals surface area contributed by atoms with Gasteiger partial charge >= 0.3 is 0 Å². The quantitative estimate of drug-likeness (QED) is 0.644. The lowest BCUT2D eigenvalue weighted by Crippen LogP contribution is -2.29. The fourth-order valence-electron chi connectivity index (χ4n) is 1.88. The molecule has 76 valence electrons. The minimum atomic E-state index is 0.408. The van der Waals surface area contributed by atoms with Crippen LogP contribution in [0.25, 0.3) is 0 Å². The maximum Gasteiger partial charge on any atom is 0.171 e. The van der Waals surface area contributed by atoms with Gasteiger partial charge in [-0.25, -0.2) is 0 Å². The molecule has 1 unspecified atom stereocenters. The molecule has 0 amide bonds. The summed E-state index contributed by atoms with van der Waals surface area (Å²) in [5, 5.41) is 7.62. The SMILES string of the molecule is CN1CCCC1Cn1cc(C=O)nn1. The van der Waals surface area contributed by atoms with E-state index < -0.39 is 0 Å². The van der Waals surface area contributed by atoms with Crippen LogP contribution < -0.4 is 0 Å². The molecule has 0 N–H and O–H groups in total. The monoisotopic (exact) mass is 194 g/mol. The molecule has 1 fully saturated rings. The van der Waals surface area contributed by atoms with Gasteiger partial charge < -0.3 is 4.90 Å². The molecule has 0 bridgehead atoms. The average molecular weight is 194 g/mol. The van der Waals surface area contributed by atoms with Crippen molar-refractivity contribution >= 4 is 6.29 Å². The van der Waals surface area contributed by atoms with E-state index in [1.807, 2.05) is 0 Å². The summed E-state index contributed by atoms with van der Waals surface area (Å²) in [6.45, 7) is 1.98. The lowest BCUT2D eigenvalue weighted by molar-refractivity contribution is 0.111. The van der Waals surface area contributed by atoms with Gasteiger partial charge in [-0.2, -0.15) is 0 Å². The van der Waals surface area contributed by atoms with Crippen molar-refractivity contribution in [1.29, 1.82) is 0 Å². The number of hydrogen-bond acceptors (Lipinski definition) is 4. The van der Waals surface area contributed by atoms with Crippen molar-refractivity contribution in [3.8, 4) is 0 Å². The molecule has 0 aromatic carbocycles. The Labute approximate surface area is 82.7 Å². The molecule has 1 aliphatic rings. The third-order valence-corrected chi connectivity index (χ3v) is 2.75. The minimum Gasteiger partial charge on any atom is -0.302 e. The van der Waals surface area contributed by atoms with Crippen molar-refractivity contribution in [2.45, 2.75) is 25.4 Å². The second-order valence-corrected chi connectivity index (χ2v) is 3.76. The number of aromatic nitrogens is 3. The Morgan fingerprint density at radius 1 is 1.71 bits per heavy atom.